The highest BCUT2D eigenvalue weighted by Gasteiger charge is 2.65. The van der Waals surface area contributed by atoms with Gasteiger partial charge in [0.1, 0.15) is 23.7 Å². The van der Waals surface area contributed by atoms with Crippen molar-refractivity contribution in [1.29, 1.82) is 0 Å². The Morgan fingerprint density at radius 2 is 1.82 bits per heavy atom. The molecule has 1 aromatic carbocycles. The van der Waals surface area contributed by atoms with Gasteiger partial charge in [-0.1, -0.05) is 26.3 Å². The summed E-state index contributed by atoms with van der Waals surface area (Å²) in [4.78, 5) is 13.5. The summed E-state index contributed by atoms with van der Waals surface area (Å²) in [5.41, 5.74) is 1.49. The van der Waals surface area contributed by atoms with Crippen molar-refractivity contribution < 1.29 is 17.2 Å². The zero-order valence-corrected chi connectivity index (χ0v) is 22.9. The standard InChI is InChI=1S/C28H27F2N7O2S/c1-27(2)18-9-11-28(27,25-17(18)13-21(34-35-25)24-19(29)7-4-8-20(24)30)22-10-12-31-26(33-22)37-15-32-23(36-37)14-40(38,39)16-5-3-6-16/h4,7-8,10,12-13,15-16,18H,3,5-6,9,11,14H2,1-2H3/t18-,28-/m0/s1. The molecule has 0 radical (unpaired) electrons. The van der Waals surface area contributed by atoms with Gasteiger partial charge in [-0.2, -0.15) is 9.78 Å². The summed E-state index contributed by atoms with van der Waals surface area (Å²) >= 11 is 0. The quantitative estimate of drug-likeness (QED) is 0.338. The van der Waals surface area contributed by atoms with Crippen molar-refractivity contribution in [2.24, 2.45) is 5.41 Å². The van der Waals surface area contributed by atoms with Gasteiger partial charge in [-0.25, -0.2) is 32.2 Å². The predicted molar refractivity (Wildman–Crippen MR) is 141 cm³/mol. The molecule has 3 aliphatic rings. The third-order valence-electron chi connectivity index (χ3n) is 9.32. The van der Waals surface area contributed by atoms with Crippen molar-refractivity contribution >= 4 is 9.84 Å². The van der Waals surface area contributed by atoms with Crippen LogP contribution in [0.5, 0.6) is 0 Å². The van der Waals surface area contributed by atoms with E-state index in [2.05, 4.69) is 39.1 Å². The van der Waals surface area contributed by atoms with Gasteiger partial charge in [0.25, 0.3) is 5.95 Å². The smallest absolute Gasteiger partial charge is 0.228 e. The van der Waals surface area contributed by atoms with Gasteiger partial charge in [0.05, 0.1) is 33.3 Å². The molecule has 2 bridgehead atoms. The lowest BCUT2D eigenvalue weighted by molar-refractivity contribution is 0.242. The number of halogens is 2. The van der Waals surface area contributed by atoms with Crippen LogP contribution in [0.15, 0.2) is 42.9 Å². The first-order valence-electron chi connectivity index (χ1n) is 13.4. The number of rotatable bonds is 6. The molecule has 3 aliphatic carbocycles. The van der Waals surface area contributed by atoms with Crippen LogP contribution < -0.4 is 0 Å². The molecule has 9 nitrogen and oxygen atoms in total. The Balaban J connectivity index is 1.27. The molecule has 0 aliphatic heterocycles. The minimum Gasteiger partial charge on any atom is -0.228 e. The second-order valence-corrected chi connectivity index (χ2v) is 13.8. The molecule has 3 aromatic heterocycles. The van der Waals surface area contributed by atoms with Crippen LogP contribution in [0, 0.1) is 17.0 Å². The summed E-state index contributed by atoms with van der Waals surface area (Å²) in [6, 6.07) is 7.38. The maximum atomic E-state index is 14.6. The molecule has 0 N–H and O–H groups in total. The van der Waals surface area contributed by atoms with Crippen molar-refractivity contribution in [1.82, 2.24) is 34.9 Å². The summed E-state index contributed by atoms with van der Waals surface area (Å²) in [5.74, 6) is -0.988. The number of sulfone groups is 1. The topological polar surface area (TPSA) is 116 Å². The molecule has 12 heteroatoms. The molecule has 206 valence electrons. The van der Waals surface area contributed by atoms with E-state index in [1.165, 1.54) is 29.2 Å². The summed E-state index contributed by atoms with van der Waals surface area (Å²) in [6.45, 7) is 4.33. The van der Waals surface area contributed by atoms with Crippen molar-refractivity contribution in [2.45, 2.75) is 68.3 Å². The Morgan fingerprint density at radius 3 is 2.55 bits per heavy atom. The number of fused-ring (bicyclic) bond motifs is 5. The Kier molecular flexibility index (Phi) is 5.48. The minimum absolute atomic E-state index is 0.0969. The van der Waals surface area contributed by atoms with E-state index < -0.39 is 26.9 Å². The lowest BCUT2D eigenvalue weighted by Gasteiger charge is -2.37. The number of nitrogens with zero attached hydrogens (tertiary/aromatic N) is 7. The maximum Gasteiger partial charge on any atom is 0.252 e. The fraction of sp³-hybridized carbons (Fsp3) is 0.429. The second-order valence-electron chi connectivity index (χ2n) is 11.6. The first-order chi connectivity index (χ1) is 19.1. The molecule has 0 amide bonds. The third kappa shape index (κ3) is 3.50. The molecule has 0 saturated heterocycles. The average molecular weight is 564 g/mol. The molecule has 0 spiro atoms. The molecular weight excluding hydrogens is 536 g/mol. The molecule has 2 atom stereocenters. The van der Waals surface area contributed by atoms with Gasteiger partial charge in [-0.3, -0.25) is 0 Å². The lowest BCUT2D eigenvalue weighted by Crippen LogP contribution is -2.38. The van der Waals surface area contributed by atoms with Crippen LogP contribution in [0.1, 0.15) is 74.6 Å². The van der Waals surface area contributed by atoms with Gasteiger partial charge in [0.15, 0.2) is 15.7 Å². The van der Waals surface area contributed by atoms with E-state index in [0.717, 1.165) is 36.2 Å². The second kappa shape index (κ2) is 8.66. The van der Waals surface area contributed by atoms with Gasteiger partial charge in [-0.05, 0) is 66.8 Å². The van der Waals surface area contributed by atoms with Crippen molar-refractivity contribution in [2.75, 3.05) is 0 Å². The lowest BCUT2D eigenvalue weighted by atomic mass is 9.66. The van der Waals surface area contributed by atoms with Crippen LogP contribution in [0.25, 0.3) is 17.2 Å². The first kappa shape index (κ1) is 25.3. The summed E-state index contributed by atoms with van der Waals surface area (Å²) in [7, 11) is -3.29. The van der Waals surface area contributed by atoms with Crippen molar-refractivity contribution in [3.05, 3.63) is 77.3 Å². The number of hydrogen-bond acceptors (Lipinski definition) is 8. The third-order valence-corrected chi connectivity index (χ3v) is 11.5. The van der Waals surface area contributed by atoms with Crippen molar-refractivity contribution in [3.8, 4) is 17.2 Å². The van der Waals surface area contributed by atoms with Gasteiger partial charge in [0.2, 0.25) is 0 Å². The molecule has 7 rings (SSSR count). The van der Waals surface area contributed by atoms with Crippen LogP contribution in [0.4, 0.5) is 8.78 Å². The summed E-state index contributed by atoms with van der Waals surface area (Å²) in [6.07, 6.45) is 7.02. The minimum atomic E-state index is -3.29. The fourth-order valence-corrected chi connectivity index (χ4v) is 8.72. The highest BCUT2D eigenvalue weighted by atomic mass is 32.2. The number of hydrogen-bond donors (Lipinski definition) is 0. The number of benzene rings is 1. The van der Waals surface area contributed by atoms with E-state index in [1.807, 2.05) is 6.07 Å². The normalized spacial score (nSPS) is 23.2. The van der Waals surface area contributed by atoms with E-state index in [9.17, 15) is 17.2 Å². The fourth-order valence-electron chi connectivity index (χ4n) is 6.94. The number of aromatic nitrogens is 7. The SMILES string of the molecule is CC1(C)[C@H]2CC[C@]1(c1ccnc(-n3cnc(CS(=O)(=O)C4CCC4)n3)n1)c1nnc(-c3c(F)cccc3F)cc12. The Bertz CT molecular complexity index is 1750. The molecule has 0 unspecified atom stereocenters. The first-order valence-corrected chi connectivity index (χ1v) is 15.1. The molecule has 2 fully saturated rings. The Morgan fingerprint density at radius 1 is 1.05 bits per heavy atom. The van der Waals surface area contributed by atoms with Crippen LogP contribution in [-0.4, -0.2) is 48.6 Å². The molecule has 40 heavy (non-hydrogen) atoms. The van der Waals surface area contributed by atoms with Gasteiger partial charge in [-0.15, -0.1) is 10.2 Å². The highest BCUT2D eigenvalue weighted by Crippen LogP contribution is 2.69. The molecular formula is C28H27F2N7O2S. The molecule has 3 heterocycles. The van der Waals surface area contributed by atoms with Gasteiger partial charge < -0.3 is 0 Å². The maximum absolute atomic E-state index is 14.6. The van der Waals surface area contributed by atoms with Crippen LogP contribution >= 0.6 is 0 Å². The predicted octanol–water partition coefficient (Wildman–Crippen LogP) is 4.46. The summed E-state index contributed by atoms with van der Waals surface area (Å²) < 4.78 is 55.7. The largest absolute Gasteiger partial charge is 0.252 e. The van der Waals surface area contributed by atoms with Crippen LogP contribution in [0.3, 0.4) is 0 Å². The van der Waals surface area contributed by atoms with Crippen LogP contribution in [0.2, 0.25) is 0 Å². The summed E-state index contributed by atoms with van der Waals surface area (Å²) in [5, 5.41) is 12.9. The van der Waals surface area contributed by atoms with Gasteiger partial charge >= 0.3 is 0 Å². The van der Waals surface area contributed by atoms with Crippen LogP contribution in [-0.2, 0) is 21.0 Å². The van der Waals surface area contributed by atoms with Gasteiger partial charge in [0, 0.05) is 6.20 Å². The average Bonchev–Trinajstić information content (AvgIpc) is 3.49. The van der Waals surface area contributed by atoms with E-state index in [4.69, 9.17) is 4.98 Å². The van der Waals surface area contributed by atoms with E-state index >= 15 is 0 Å². The molecule has 4 aromatic rings. The zero-order chi connectivity index (χ0) is 27.9. The monoisotopic (exact) mass is 563 g/mol. The van der Waals surface area contributed by atoms with E-state index in [1.54, 1.807) is 12.3 Å². The Hall–Kier alpha value is -3.67. The Labute approximate surface area is 230 Å². The van der Waals surface area contributed by atoms with Crippen molar-refractivity contribution in [3.63, 3.8) is 0 Å². The van der Waals surface area contributed by atoms with E-state index in [0.29, 0.717) is 12.8 Å². The molecule has 2 saturated carbocycles. The highest BCUT2D eigenvalue weighted by molar-refractivity contribution is 7.91. The zero-order valence-electron chi connectivity index (χ0n) is 22.0. The van der Waals surface area contributed by atoms with E-state index in [-0.39, 0.29) is 45.4 Å².